The van der Waals surface area contributed by atoms with Crippen LogP contribution in [0.2, 0.25) is 0 Å². The Morgan fingerprint density at radius 3 is 2.76 bits per heavy atom. The van der Waals surface area contributed by atoms with Crippen LogP contribution in [0, 0.1) is 0 Å². The summed E-state index contributed by atoms with van der Waals surface area (Å²) < 4.78 is 4.97. The topological polar surface area (TPSA) is 88.1 Å². The molecule has 1 atom stereocenters. The second-order valence-electron chi connectivity index (χ2n) is 7.36. The van der Waals surface area contributed by atoms with E-state index in [2.05, 4.69) is 11.9 Å². The Morgan fingerprint density at radius 2 is 2.07 bits per heavy atom. The lowest BCUT2D eigenvalue weighted by molar-refractivity contribution is -0.143. The molecule has 0 aromatic heterocycles. The van der Waals surface area contributed by atoms with E-state index in [1.165, 1.54) is 5.57 Å². The molecule has 0 aromatic rings. The summed E-state index contributed by atoms with van der Waals surface area (Å²) in [5.74, 6) is 0.286. The summed E-state index contributed by atoms with van der Waals surface area (Å²) in [4.78, 5) is 43.1. The van der Waals surface area contributed by atoms with Gasteiger partial charge in [0.1, 0.15) is 11.9 Å². The highest BCUT2D eigenvalue weighted by atomic mass is 16.5. The molecule has 0 aromatic carbocycles. The Labute approximate surface area is 173 Å². The van der Waals surface area contributed by atoms with E-state index >= 15 is 0 Å². The number of allylic oxidation sites excluding steroid dienone is 1. The quantitative estimate of drug-likeness (QED) is 0.448. The van der Waals surface area contributed by atoms with Crippen molar-refractivity contribution in [2.24, 2.45) is 4.99 Å². The van der Waals surface area contributed by atoms with Gasteiger partial charge in [-0.3, -0.25) is 19.3 Å². The van der Waals surface area contributed by atoms with Crippen molar-refractivity contribution in [3.63, 3.8) is 0 Å². The summed E-state index contributed by atoms with van der Waals surface area (Å²) in [5.41, 5.74) is 2.23. The van der Waals surface area contributed by atoms with Crippen molar-refractivity contribution in [1.29, 1.82) is 0 Å². The molecule has 0 saturated heterocycles. The van der Waals surface area contributed by atoms with Crippen molar-refractivity contribution in [2.45, 2.75) is 77.7 Å². The van der Waals surface area contributed by atoms with E-state index in [4.69, 9.17) is 9.73 Å². The normalized spacial score (nSPS) is 17.2. The van der Waals surface area contributed by atoms with Crippen LogP contribution < -0.4 is 5.32 Å². The van der Waals surface area contributed by atoms with E-state index in [0.717, 1.165) is 43.6 Å². The van der Waals surface area contributed by atoms with Gasteiger partial charge in [0.2, 0.25) is 5.91 Å². The van der Waals surface area contributed by atoms with E-state index in [-0.39, 0.29) is 17.8 Å². The molecule has 7 heteroatoms. The van der Waals surface area contributed by atoms with Crippen LogP contribution in [0.3, 0.4) is 0 Å². The second-order valence-corrected chi connectivity index (χ2v) is 7.36. The largest absolute Gasteiger partial charge is 0.466 e. The molecule has 0 saturated carbocycles. The Kier molecular flexibility index (Phi) is 9.09. The zero-order valence-electron chi connectivity index (χ0n) is 17.7. The number of carbonyl (C=O) groups excluding carboxylic acids is 3. The lowest BCUT2D eigenvalue weighted by atomic mass is 9.94. The highest BCUT2D eigenvalue weighted by Crippen LogP contribution is 2.32. The van der Waals surface area contributed by atoms with Crippen molar-refractivity contribution in [2.75, 3.05) is 13.2 Å². The van der Waals surface area contributed by atoms with Gasteiger partial charge < -0.3 is 10.1 Å². The first-order chi connectivity index (χ1) is 14.0. The summed E-state index contributed by atoms with van der Waals surface area (Å²) in [5, 5.41) is 2.81. The van der Waals surface area contributed by atoms with Gasteiger partial charge in [0.15, 0.2) is 0 Å². The van der Waals surface area contributed by atoms with Crippen LogP contribution in [0.5, 0.6) is 0 Å². The molecule has 7 nitrogen and oxygen atoms in total. The van der Waals surface area contributed by atoms with Gasteiger partial charge in [-0.15, -0.1) is 6.58 Å². The predicted octanol–water partition coefficient (Wildman–Crippen LogP) is 3.26. The van der Waals surface area contributed by atoms with Crippen LogP contribution in [-0.4, -0.2) is 47.6 Å². The molecule has 0 bridgehead atoms. The fourth-order valence-corrected chi connectivity index (χ4v) is 3.67. The minimum atomic E-state index is -0.615. The molecule has 2 aliphatic rings. The maximum Gasteiger partial charge on any atom is 0.305 e. The summed E-state index contributed by atoms with van der Waals surface area (Å²) in [6.07, 6.45) is 7.79. The van der Waals surface area contributed by atoms with Crippen molar-refractivity contribution >= 4 is 23.5 Å². The molecule has 0 aliphatic carbocycles. The monoisotopic (exact) mass is 403 g/mol. The number of nitrogens with zero attached hydrogens (tertiary/aromatic N) is 2. The molecule has 29 heavy (non-hydrogen) atoms. The number of rotatable bonds is 10. The lowest BCUT2D eigenvalue weighted by Gasteiger charge is -2.34. The second kappa shape index (κ2) is 11.5. The highest BCUT2D eigenvalue weighted by Gasteiger charge is 2.32. The number of nitrogens with one attached hydrogen (secondary N) is 1. The molecule has 0 radical (unpaired) electrons. The van der Waals surface area contributed by atoms with Gasteiger partial charge >= 0.3 is 5.97 Å². The molecule has 2 rings (SSSR count). The number of hydrogen-bond donors (Lipinski definition) is 1. The molecule has 0 spiro atoms. The molecular weight excluding hydrogens is 370 g/mol. The standard InChI is InChI=1S/C22H33N3O4/c1-4-9-18(24-19(26)5-2)22(28)25-15-8-10-16-13-14-17(23-21(16)25)11-7-12-20(27)29-6-3/h4,18H,1,5-15H2,2-3H3,(H,24,26). The molecular formula is C22H33N3O4. The Balaban J connectivity index is 2.09. The van der Waals surface area contributed by atoms with E-state index in [1.807, 2.05) is 0 Å². The number of carbonyl (C=O) groups is 3. The minimum Gasteiger partial charge on any atom is -0.466 e. The first kappa shape index (κ1) is 22.8. The SMILES string of the molecule is C=CCC(NC(=O)CC)C(=O)N1CCCC2=C1N=C(CCCC(=O)OCC)CC2. The van der Waals surface area contributed by atoms with E-state index in [9.17, 15) is 14.4 Å². The molecule has 160 valence electrons. The minimum absolute atomic E-state index is 0.129. The predicted molar refractivity (Wildman–Crippen MR) is 112 cm³/mol. The van der Waals surface area contributed by atoms with Crippen LogP contribution in [-0.2, 0) is 19.1 Å². The molecule has 0 fully saturated rings. The average molecular weight is 404 g/mol. The van der Waals surface area contributed by atoms with Crippen molar-refractivity contribution in [3.05, 3.63) is 24.0 Å². The third kappa shape index (κ3) is 6.54. The first-order valence-corrected chi connectivity index (χ1v) is 10.7. The van der Waals surface area contributed by atoms with Crippen molar-refractivity contribution in [3.8, 4) is 0 Å². The molecule has 2 amide bonds. The summed E-state index contributed by atoms with van der Waals surface area (Å²) in [6, 6.07) is -0.615. The van der Waals surface area contributed by atoms with Crippen LogP contribution >= 0.6 is 0 Å². The number of esters is 1. The highest BCUT2D eigenvalue weighted by molar-refractivity contribution is 5.91. The maximum atomic E-state index is 13.2. The van der Waals surface area contributed by atoms with Gasteiger partial charge in [0.25, 0.3) is 5.91 Å². The average Bonchev–Trinajstić information content (AvgIpc) is 2.72. The zero-order chi connectivity index (χ0) is 21.2. The maximum absolute atomic E-state index is 13.2. The van der Waals surface area contributed by atoms with Gasteiger partial charge in [-0.25, -0.2) is 4.99 Å². The van der Waals surface area contributed by atoms with E-state index < -0.39 is 6.04 Å². The number of hydrogen-bond acceptors (Lipinski definition) is 5. The van der Waals surface area contributed by atoms with Gasteiger partial charge in [0.05, 0.1) is 6.61 Å². The summed E-state index contributed by atoms with van der Waals surface area (Å²) >= 11 is 0. The number of ether oxygens (including phenoxy) is 1. The van der Waals surface area contributed by atoms with Gasteiger partial charge in [-0.05, 0) is 57.4 Å². The third-order valence-electron chi connectivity index (χ3n) is 5.19. The Hall–Kier alpha value is -2.44. The molecule has 2 heterocycles. The van der Waals surface area contributed by atoms with Crippen molar-refractivity contribution < 1.29 is 19.1 Å². The number of amides is 2. The Morgan fingerprint density at radius 1 is 1.28 bits per heavy atom. The molecule has 2 aliphatic heterocycles. The summed E-state index contributed by atoms with van der Waals surface area (Å²) in [6.45, 7) is 8.28. The third-order valence-corrected chi connectivity index (χ3v) is 5.19. The lowest BCUT2D eigenvalue weighted by Crippen LogP contribution is -2.49. The van der Waals surface area contributed by atoms with E-state index in [0.29, 0.717) is 38.8 Å². The Bertz CT molecular complexity index is 696. The fraction of sp³-hybridized carbons (Fsp3) is 0.636. The van der Waals surface area contributed by atoms with Crippen molar-refractivity contribution in [1.82, 2.24) is 10.2 Å². The van der Waals surface area contributed by atoms with Gasteiger partial charge in [0, 0.05) is 25.1 Å². The molecule has 1 N–H and O–H groups in total. The van der Waals surface area contributed by atoms with Crippen LogP contribution in [0.4, 0.5) is 0 Å². The summed E-state index contributed by atoms with van der Waals surface area (Å²) in [7, 11) is 0. The van der Waals surface area contributed by atoms with Gasteiger partial charge in [-0.2, -0.15) is 0 Å². The smallest absolute Gasteiger partial charge is 0.305 e. The van der Waals surface area contributed by atoms with Crippen LogP contribution in [0.25, 0.3) is 0 Å². The number of aliphatic imine (C=N–C) groups is 1. The van der Waals surface area contributed by atoms with Crippen LogP contribution in [0.15, 0.2) is 29.0 Å². The van der Waals surface area contributed by atoms with Crippen LogP contribution in [0.1, 0.15) is 71.6 Å². The van der Waals surface area contributed by atoms with E-state index in [1.54, 1.807) is 24.8 Å². The molecule has 1 unspecified atom stereocenters. The van der Waals surface area contributed by atoms with Gasteiger partial charge in [-0.1, -0.05) is 13.0 Å². The zero-order valence-corrected chi connectivity index (χ0v) is 17.7. The first-order valence-electron chi connectivity index (χ1n) is 10.7. The fourth-order valence-electron chi connectivity index (χ4n) is 3.67.